The molecule has 0 bridgehead atoms. The summed E-state index contributed by atoms with van der Waals surface area (Å²) >= 11 is 5.79. The van der Waals surface area contributed by atoms with Crippen LogP contribution in [0.25, 0.3) is 0 Å². The van der Waals surface area contributed by atoms with E-state index in [0.29, 0.717) is 18.0 Å². The Bertz CT molecular complexity index is 385. The standard InChI is InChI=1S/C15H23ClFN/c1-5-18-13(15(2,3)4)10-9-11-7-6-8-12(16)14(11)17/h6-8,13,18H,5,9-10H2,1-4H3. The summed E-state index contributed by atoms with van der Waals surface area (Å²) in [6, 6.07) is 5.58. The average molecular weight is 272 g/mol. The van der Waals surface area contributed by atoms with Gasteiger partial charge in [-0.05, 0) is 36.4 Å². The maximum atomic E-state index is 13.8. The third-order valence-electron chi connectivity index (χ3n) is 3.23. The lowest BCUT2D eigenvalue weighted by molar-refractivity contribution is 0.258. The van der Waals surface area contributed by atoms with Gasteiger partial charge in [0.05, 0.1) is 5.02 Å². The highest BCUT2D eigenvalue weighted by Crippen LogP contribution is 2.25. The third-order valence-corrected chi connectivity index (χ3v) is 3.52. The Labute approximate surface area is 115 Å². The zero-order valence-corrected chi connectivity index (χ0v) is 12.4. The molecule has 0 aliphatic heterocycles. The summed E-state index contributed by atoms with van der Waals surface area (Å²) in [5, 5.41) is 3.68. The minimum absolute atomic E-state index is 0.172. The summed E-state index contributed by atoms with van der Waals surface area (Å²) in [5.41, 5.74) is 0.875. The topological polar surface area (TPSA) is 12.0 Å². The van der Waals surface area contributed by atoms with E-state index in [4.69, 9.17) is 11.6 Å². The van der Waals surface area contributed by atoms with Crippen LogP contribution >= 0.6 is 11.6 Å². The van der Waals surface area contributed by atoms with Gasteiger partial charge in [-0.15, -0.1) is 0 Å². The normalized spacial score (nSPS) is 13.7. The molecule has 1 aromatic carbocycles. The van der Waals surface area contributed by atoms with Gasteiger partial charge in [0, 0.05) is 6.04 Å². The molecule has 0 spiro atoms. The van der Waals surface area contributed by atoms with E-state index in [-0.39, 0.29) is 16.3 Å². The molecule has 0 aliphatic rings. The Kier molecular flexibility index (Phi) is 5.61. The molecule has 1 N–H and O–H groups in total. The van der Waals surface area contributed by atoms with Gasteiger partial charge in [0.1, 0.15) is 5.82 Å². The van der Waals surface area contributed by atoms with Gasteiger partial charge in [-0.2, -0.15) is 0 Å². The number of hydrogen-bond donors (Lipinski definition) is 1. The minimum Gasteiger partial charge on any atom is -0.314 e. The van der Waals surface area contributed by atoms with E-state index in [2.05, 4.69) is 33.0 Å². The number of hydrogen-bond acceptors (Lipinski definition) is 1. The highest BCUT2D eigenvalue weighted by atomic mass is 35.5. The van der Waals surface area contributed by atoms with Crippen LogP contribution in [0.5, 0.6) is 0 Å². The number of aryl methyl sites for hydroxylation is 1. The van der Waals surface area contributed by atoms with Crippen LogP contribution in [-0.2, 0) is 6.42 Å². The van der Waals surface area contributed by atoms with Gasteiger partial charge in [0.25, 0.3) is 0 Å². The molecule has 0 fully saturated rings. The fourth-order valence-electron chi connectivity index (χ4n) is 2.13. The van der Waals surface area contributed by atoms with Crippen LogP contribution in [-0.4, -0.2) is 12.6 Å². The molecule has 0 radical (unpaired) electrons. The molecule has 0 aliphatic carbocycles. The summed E-state index contributed by atoms with van der Waals surface area (Å²) in [5.74, 6) is -0.275. The number of rotatable bonds is 5. The van der Waals surface area contributed by atoms with E-state index >= 15 is 0 Å². The molecular formula is C15H23ClFN. The third kappa shape index (κ3) is 4.25. The van der Waals surface area contributed by atoms with Crippen molar-refractivity contribution in [2.75, 3.05) is 6.54 Å². The van der Waals surface area contributed by atoms with Gasteiger partial charge in [-0.3, -0.25) is 0 Å². The van der Waals surface area contributed by atoms with Crippen molar-refractivity contribution in [3.05, 3.63) is 34.6 Å². The quantitative estimate of drug-likeness (QED) is 0.835. The first kappa shape index (κ1) is 15.5. The zero-order valence-electron chi connectivity index (χ0n) is 11.7. The molecular weight excluding hydrogens is 249 g/mol. The Hall–Kier alpha value is -0.600. The molecule has 1 nitrogen and oxygen atoms in total. The molecule has 0 saturated carbocycles. The maximum absolute atomic E-state index is 13.8. The lowest BCUT2D eigenvalue weighted by atomic mass is 9.83. The fourth-order valence-corrected chi connectivity index (χ4v) is 2.32. The van der Waals surface area contributed by atoms with Crippen molar-refractivity contribution in [1.82, 2.24) is 5.32 Å². The Morgan fingerprint density at radius 1 is 1.33 bits per heavy atom. The van der Waals surface area contributed by atoms with E-state index < -0.39 is 0 Å². The molecule has 0 heterocycles. The Morgan fingerprint density at radius 3 is 2.56 bits per heavy atom. The van der Waals surface area contributed by atoms with Gasteiger partial charge in [0.2, 0.25) is 0 Å². The predicted molar refractivity (Wildman–Crippen MR) is 76.7 cm³/mol. The molecule has 18 heavy (non-hydrogen) atoms. The van der Waals surface area contributed by atoms with Crippen molar-refractivity contribution in [2.45, 2.75) is 46.6 Å². The molecule has 0 saturated heterocycles. The van der Waals surface area contributed by atoms with E-state index in [0.717, 1.165) is 13.0 Å². The fraction of sp³-hybridized carbons (Fsp3) is 0.600. The SMILES string of the molecule is CCNC(CCc1cccc(Cl)c1F)C(C)(C)C. The van der Waals surface area contributed by atoms with Crippen molar-refractivity contribution in [3.8, 4) is 0 Å². The number of nitrogens with one attached hydrogen (secondary N) is 1. The van der Waals surface area contributed by atoms with Crippen molar-refractivity contribution in [2.24, 2.45) is 5.41 Å². The lowest BCUT2D eigenvalue weighted by Gasteiger charge is -2.31. The molecule has 0 aromatic heterocycles. The second-order valence-electron chi connectivity index (χ2n) is 5.73. The van der Waals surface area contributed by atoms with Gasteiger partial charge in [-0.1, -0.05) is 51.4 Å². The van der Waals surface area contributed by atoms with Crippen LogP contribution in [0.3, 0.4) is 0 Å². The van der Waals surface area contributed by atoms with Gasteiger partial charge >= 0.3 is 0 Å². The first-order valence-corrected chi connectivity index (χ1v) is 6.90. The van der Waals surface area contributed by atoms with Crippen molar-refractivity contribution >= 4 is 11.6 Å². The summed E-state index contributed by atoms with van der Waals surface area (Å²) in [6.07, 6.45) is 1.62. The van der Waals surface area contributed by atoms with Crippen molar-refractivity contribution < 1.29 is 4.39 Å². The second-order valence-corrected chi connectivity index (χ2v) is 6.14. The minimum atomic E-state index is -0.275. The van der Waals surface area contributed by atoms with Crippen molar-refractivity contribution in [3.63, 3.8) is 0 Å². The maximum Gasteiger partial charge on any atom is 0.144 e. The smallest absolute Gasteiger partial charge is 0.144 e. The molecule has 1 rings (SSSR count). The van der Waals surface area contributed by atoms with Crippen LogP contribution in [0.1, 0.15) is 39.7 Å². The predicted octanol–water partition coefficient (Wildman–Crippen LogP) is 4.44. The Morgan fingerprint density at radius 2 is 2.00 bits per heavy atom. The Balaban J connectivity index is 2.70. The first-order valence-electron chi connectivity index (χ1n) is 6.52. The lowest BCUT2D eigenvalue weighted by Crippen LogP contribution is -2.40. The zero-order chi connectivity index (χ0) is 13.8. The molecule has 1 atom stereocenters. The van der Waals surface area contributed by atoms with Crippen LogP contribution in [0.4, 0.5) is 4.39 Å². The molecule has 3 heteroatoms. The number of halogens is 2. The monoisotopic (exact) mass is 271 g/mol. The summed E-state index contributed by atoms with van der Waals surface area (Å²) in [7, 11) is 0. The summed E-state index contributed by atoms with van der Waals surface area (Å²) in [6.45, 7) is 9.64. The molecule has 102 valence electrons. The highest BCUT2D eigenvalue weighted by Gasteiger charge is 2.23. The molecule has 1 unspecified atom stereocenters. The molecule has 1 aromatic rings. The van der Waals surface area contributed by atoms with Gasteiger partial charge in [0.15, 0.2) is 0 Å². The summed E-state index contributed by atoms with van der Waals surface area (Å²) < 4.78 is 13.8. The largest absolute Gasteiger partial charge is 0.314 e. The van der Waals surface area contributed by atoms with E-state index in [1.54, 1.807) is 12.1 Å². The van der Waals surface area contributed by atoms with E-state index in [9.17, 15) is 4.39 Å². The second kappa shape index (κ2) is 6.53. The first-order chi connectivity index (χ1) is 8.36. The van der Waals surface area contributed by atoms with Crippen LogP contribution < -0.4 is 5.32 Å². The summed E-state index contributed by atoms with van der Waals surface area (Å²) in [4.78, 5) is 0. The van der Waals surface area contributed by atoms with E-state index in [1.807, 2.05) is 6.07 Å². The van der Waals surface area contributed by atoms with E-state index in [1.165, 1.54) is 0 Å². The van der Waals surface area contributed by atoms with Crippen LogP contribution in [0, 0.1) is 11.2 Å². The van der Waals surface area contributed by atoms with Crippen LogP contribution in [0.15, 0.2) is 18.2 Å². The number of benzene rings is 1. The van der Waals surface area contributed by atoms with Gasteiger partial charge < -0.3 is 5.32 Å². The van der Waals surface area contributed by atoms with Crippen LogP contribution in [0.2, 0.25) is 5.02 Å². The van der Waals surface area contributed by atoms with Gasteiger partial charge in [-0.25, -0.2) is 4.39 Å². The molecule has 0 amide bonds. The highest BCUT2D eigenvalue weighted by molar-refractivity contribution is 6.30. The average Bonchev–Trinajstić information content (AvgIpc) is 2.28. The van der Waals surface area contributed by atoms with Crippen molar-refractivity contribution in [1.29, 1.82) is 0 Å².